The van der Waals surface area contributed by atoms with E-state index in [4.69, 9.17) is 59.1 Å². The number of rotatable bonds is 13. The van der Waals surface area contributed by atoms with Gasteiger partial charge >= 0.3 is 0 Å². The molecule has 0 radical (unpaired) electrons. The highest BCUT2D eigenvalue weighted by molar-refractivity contribution is 7.98. The molecule has 0 aliphatic carbocycles. The third kappa shape index (κ3) is 8.00. The summed E-state index contributed by atoms with van der Waals surface area (Å²) in [5.74, 6) is 2.33. The average Bonchev–Trinajstić information content (AvgIpc) is 3.50. The minimum absolute atomic E-state index is 0.202. The monoisotopic (exact) mass is 749 g/mol. The minimum atomic E-state index is -0.674. The van der Waals surface area contributed by atoms with Crippen molar-refractivity contribution in [2.45, 2.75) is 44.3 Å². The lowest BCUT2D eigenvalue weighted by atomic mass is 9.94. The van der Waals surface area contributed by atoms with Crippen LogP contribution in [0.1, 0.15) is 43.5 Å². The Morgan fingerprint density at radius 3 is 2.40 bits per heavy atom. The van der Waals surface area contributed by atoms with Gasteiger partial charge in [0.25, 0.3) is 5.91 Å². The highest BCUT2D eigenvalue weighted by atomic mass is 35.5. The molecule has 13 heteroatoms. The molecule has 1 aromatic heterocycles. The minimum Gasteiger partial charge on any atom is -0.492 e. The van der Waals surface area contributed by atoms with Crippen LogP contribution in [-0.4, -0.2) is 33.9 Å². The number of nitrogens with zero attached hydrogens (tertiary/aromatic N) is 3. The Labute approximate surface area is 309 Å². The van der Waals surface area contributed by atoms with Crippen LogP contribution in [0.5, 0.6) is 17.2 Å². The molecule has 50 heavy (non-hydrogen) atoms. The number of para-hydroxylation sites is 2. The third-order valence-corrected chi connectivity index (χ3v) is 9.65. The Hall–Kier alpha value is -4.35. The van der Waals surface area contributed by atoms with E-state index in [1.807, 2.05) is 87.5 Å². The van der Waals surface area contributed by atoms with E-state index in [0.717, 1.165) is 16.7 Å². The zero-order valence-corrected chi connectivity index (χ0v) is 30.6. The molecule has 1 aliphatic heterocycles. The van der Waals surface area contributed by atoms with Crippen molar-refractivity contribution in [2.75, 3.05) is 23.8 Å². The quantitative estimate of drug-likeness (QED) is 0.115. The zero-order valence-electron chi connectivity index (χ0n) is 27.5. The van der Waals surface area contributed by atoms with Crippen LogP contribution >= 0.6 is 46.6 Å². The van der Waals surface area contributed by atoms with Crippen molar-refractivity contribution in [1.29, 1.82) is 0 Å². The summed E-state index contributed by atoms with van der Waals surface area (Å²) >= 11 is 20.4. The molecule has 1 unspecified atom stereocenters. The summed E-state index contributed by atoms with van der Waals surface area (Å²) in [5, 5.41) is 13.5. The number of nitrogens with one attached hydrogen (secondary N) is 2. The summed E-state index contributed by atoms with van der Waals surface area (Å²) in [6.45, 7) is 6.69. The number of aromatic nitrogens is 3. The van der Waals surface area contributed by atoms with Gasteiger partial charge in [0, 0.05) is 32.1 Å². The average molecular weight is 751 g/mol. The van der Waals surface area contributed by atoms with Gasteiger partial charge in [-0.2, -0.15) is 4.98 Å². The molecule has 5 aromatic rings. The number of allylic oxidation sites excluding steroid dienone is 1. The van der Waals surface area contributed by atoms with E-state index in [1.165, 1.54) is 11.8 Å². The molecule has 1 amide bonds. The first kappa shape index (κ1) is 35.5. The van der Waals surface area contributed by atoms with Crippen molar-refractivity contribution < 1.29 is 19.0 Å². The first-order valence-corrected chi connectivity index (χ1v) is 18.0. The highest BCUT2D eigenvalue weighted by Gasteiger charge is 2.35. The number of anilines is 2. The number of amides is 1. The second kappa shape index (κ2) is 16.1. The standard InChI is InChI=1S/C37H34Cl3N5O4S/c1-4-47-30-13-9-8-12-29(30)42-35(46)33-22(3)41-36-43-37(50-21-25-10-6-7-11-27(25)39)44-45(36)34(33)23-15-17-31(32(18-23)48-5-2)49-20-24-14-16-26(38)19-28(24)40/h6-19,34H,4-5,20-21H2,1-3H3,(H,42,46)(H,41,43,44). The Morgan fingerprint density at radius 2 is 1.62 bits per heavy atom. The van der Waals surface area contributed by atoms with Gasteiger partial charge in [-0.25, -0.2) is 4.68 Å². The SMILES string of the molecule is CCOc1ccccc1NC(=O)C1=C(C)Nc2nc(SCc3ccccc3Cl)nn2C1c1ccc(OCc2ccc(Cl)cc2Cl)c(OCC)c1. The number of fused-ring (bicyclic) bond motifs is 1. The Kier molecular flexibility index (Phi) is 11.4. The van der Waals surface area contributed by atoms with Crippen molar-refractivity contribution in [1.82, 2.24) is 14.8 Å². The number of hydrogen-bond acceptors (Lipinski definition) is 8. The molecular weight excluding hydrogens is 717 g/mol. The number of benzene rings is 4. The lowest BCUT2D eigenvalue weighted by Crippen LogP contribution is -2.31. The van der Waals surface area contributed by atoms with E-state index >= 15 is 0 Å². The van der Waals surface area contributed by atoms with E-state index in [9.17, 15) is 4.79 Å². The third-order valence-electron chi connectivity index (χ3n) is 7.81. The number of ether oxygens (including phenoxy) is 3. The molecule has 0 saturated heterocycles. The van der Waals surface area contributed by atoms with Crippen LogP contribution in [0.2, 0.25) is 15.1 Å². The predicted molar refractivity (Wildman–Crippen MR) is 200 cm³/mol. The smallest absolute Gasteiger partial charge is 0.255 e. The number of thioether (sulfide) groups is 1. The van der Waals surface area contributed by atoms with Gasteiger partial charge in [0.15, 0.2) is 11.5 Å². The molecule has 0 spiro atoms. The summed E-state index contributed by atoms with van der Waals surface area (Å²) in [4.78, 5) is 19.0. The molecule has 0 bridgehead atoms. The Morgan fingerprint density at radius 1 is 0.860 bits per heavy atom. The van der Waals surface area contributed by atoms with E-state index in [0.29, 0.717) is 79.3 Å². The summed E-state index contributed by atoms with van der Waals surface area (Å²) in [6, 6.07) is 25.2. The lowest BCUT2D eigenvalue weighted by molar-refractivity contribution is -0.113. The van der Waals surface area contributed by atoms with E-state index in [1.54, 1.807) is 22.9 Å². The van der Waals surface area contributed by atoms with Crippen molar-refractivity contribution in [2.24, 2.45) is 0 Å². The fraction of sp³-hybridized carbons (Fsp3) is 0.216. The molecule has 0 fully saturated rings. The van der Waals surface area contributed by atoms with Crippen LogP contribution in [0.15, 0.2) is 101 Å². The largest absolute Gasteiger partial charge is 0.492 e. The summed E-state index contributed by atoms with van der Waals surface area (Å²) < 4.78 is 19.8. The second-order valence-corrected chi connectivity index (χ2v) is 13.3. The number of hydrogen-bond donors (Lipinski definition) is 2. The van der Waals surface area contributed by atoms with Crippen molar-refractivity contribution in [3.63, 3.8) is 0 Å². The van der Waals surface area contributed by atoms with Crippen LogP contribution in [0, 0.1) is 0 Å². The van der Waals surface area contributed by atoms with Gasteiger partial charge in [-0.15, -0.1) is 5.10 Å². The summed E-state index contributed by atoms with van der Waals surface area (Å²) in [5.41, 5.74) is 4.11. The van der Waals surface area contributed by atoms with Crippen LogP contribution in [0.25, 0.3) is 0 Å². The molecule has 6 rings (SSSR count). The highest BCUT2D eigenvalue weighted by Crippen LogP contribution is 2.41. The number of carbonyl (C=O) groups excluding carboxylic acids is 1. The molecule has 2 N–H and O–H groups in total. The molecule has 1 atom stereocenters. The second-order valence-electron chi connectivity index (χ2n) is 11.2. The number of carbonyl (C=O) groups is 1. The first-order chi connectivity index (χ1) is 24.2. The van der Waals surface area contributed by atoms with Gasteiger partial charge in [-0.1, -0.05) is 89.0 Å². The van der Waals surface area contributed by atoms with Crippen LogP contribution in [0.4, 0.5) is 11.6 Å². The molecule has 9 nitrogen and oxygen atoms in total. The molecule has 258 valence electrons. The van der Waals surface area contributed by atoms with Crippen molar-refractivity contribution in [3.8, 4) is 17.2 Å². The van der Waals surface area contributed by atoms with E-state index < -0.39 is 6.04 Å². The van der Waals surface area contributed by atoms with Crippen molar-refractivity contribution >= 4 is 64.1 Å². The topological polar surface area (TPSA) is 99.5 Å². The maximum absolute atomic E-state index is 14.3. The maximum Gasteiger partial charge on any atom is 0.255 e. The normalized spacial score (nSPS) is 13.8. The van der Waals surface area contributed by atoms with Gasteiger partial charge < -0.3 is 24.8 Å². The van der Waals surface area contributed by atoms with E-state index in [-0.39, 0.29) is 12.5 Å². The van der Waals surface area contributed by atoms with Gasteiger partial charge in [0.05, 0.1) is 24.5 Å². The van der Waals surface area contributed by atoms with E-state index in [2.05, 4.69) is 10.6 Å². The molecule has 1 aliphatic rings. The predicted octanol–water partition coefficient (Wildman–Crippen LogP) is 9.83. The van der Waals surface area contributed by atoms with Gasteiger partial charge in [-0.3, -0.25) is 4.79 Å². The molecule has 0 saturated carbocycles. The van der Waals surface area contributed by atoms with Crippen LogP contribution in [0.3, 0.4) is 0 Å². The fourth-order valence-corrected chi connectivity index (χ4v) is 7.05. The maximum atomic E-state index is 14.3. The summed E-state index contributed by atoms with van der Waals surface area (Å²) in [7, 11) is 0. The number of halogens is 3. The van der Waals surface area contributed by atoms with Gasteiger partial charge in [0.1, 0.15) is 18.4 Å². The zero-order chi connectivity index (χ0) is 35.2. The molecular formula is C37H34Cl3N5O4S. The molecule has 2 heterocycles. The lowest BCUT2D eigenvalue weighted by Gasteiger charge is -2.29. The first-order valence-electron chi connectivity index (χ1n) is 15.9. The van der Waals surface area contributed by atoms with Gasteiger partial charge in [0.2, 0.25) is 11.1 Å². The fourth-order valence-electron chi connectivity index (χ4n) is 5.47. The summed E-state index contributed by atoms with van der Waals surface area (Å²) in [6.07, 6.45) is 0. The van der Waals surface area contributed by atoms with Crippen LogP contribution in [-0.2, 0) is 17.2 Å². The Balaban J connectivity index is 1.37. The van der Waals surface area contributed by atoms with Crippen LogP contribution < -0.4 is 24.8 Å². The van der Waals surface area contributed by atoms with Crippen molar-refractivity contribution in [3.05, 3.63) is 128 Å². The molecule has 4 aromatic carbocycles. The Bertz CT molecular complexity index is 2050. The van der Waals surface area contributed by atoms with Gasteiger partial charge in [-0.05, 0) is 74.4 Å².